The van der Waals surface area contributed by atoms with Crippen molar-refractivity contribution in [2.45, 2.75) is 39.3 Å². The maximum Gasteiger partial charge on any atom is 0.129 e. The number of likely N-dealkylation sites (tertiary alicyclic amines) is 1. The fourth-order valence-electron chi connectivity index (χ4n) is 3.45. The normalized spacial score (nSPS) is 18.0. The number of nitrogens with one attached hydrogen (secondary N) is 1. The Balaban J connectivity index is 1.60. The number of benzene rings is 1. The molecule has 1 aromatic carbocycles. The fraction of sp³-hybridized carbons (Fsp3) is 0.500. The van der Waals surface area contributed by atoms with E-state index in [9.17, 15) is 13.9 Å². The van der Waals surface area contributed by atoms with Crippen LogP contribution in [-0.2, 0) is 6.54 Å². The van der Waals surface area contributed by atoms with Crippen molar-refractivity contribution < 1.29 is 13.9 Å². The van der Waals surface area contributed by atoms with Crippen LogP contribution in [0.2, 0.25) is 0 Å². The number of piperidine rings is 1. The number of aryl methyl sites for hydroxylation is 2. The summed E-state index contributed by atoms with van der Waals surface area (Å²) in [5, 5.41) is 10.4. The van der Waals surface area contributed by atoms with Gasteiger partial charge in [-0.25, -0.2) is 13.8 Å². The predicted octanol–water partition coefficient (Wildman–Crippen LogP) is 3.25. The molecule has 4 nitrogen and oxygen atoms in total. The predicted molar refractivity (Wildman–Crippen MR) is 87.4 cm³/mol. The van der Waals surface area contributed by atoms with Crippen molar-refractivity contribution in [2.24, 2.45) is 5.92 Å². The van der Waals surface area contributed by atoms with Gasteiger partial charge in [0, 0.05) is 17.8 Å². The monoisotopic (exact) mass is 335 g/mol. The molecule has 0 saturated carbocycles. The Bertz CT molecular complexity index is 708. The average Bonchev–Trinajstić information content (AvgIpc) is 2.87. The molecular formula is C18H23F2N3O. The Morgan fingerprint density at radius 1 is 1.29 bits per heavy atom. The van der Waals surface area contributed by atoms with Crippen molar-refractivity contribution in [2.75, 3.05) is 13.1 Å². The number of hydrogen-bond donors (Lipinski definition) is 2. The quantitative estimate of drug-likeness (QED) is 0.902. The van der Waals surface area contributed by atoms with Crippen LogP contribution in [0.25, 0.3) is 0 Å². The highest BCUT2D eigenvalue weighted by Gasteiger charge is 2.28. The first-order valence-electron chi connectivity index (χ1n) is 8.31. The minimum atomic E-state index is -0.961. The molecule has 1 unspecified atom stereocenters. The van der Waals surface area contributed by atoms with E-state index in [0.29, 0.717) is 0 Å². The minimum absolute atomic E-state index is 0.0560. The summed E-state index contributed by atoms with van der Waals surface area (Å²) in [5.41, 5.74) is 2.19. The maximum absolute atomic E-state index is 13.8. The van der Waals surface area contributed by atoms with Crippen molar-refractivity contribution in [3.05, 3.63) is 52.6 Å². The van der Waals surface area contributed by atoms with E-state index in [0.717, 1.165) is 67.9 Å². The van der Waals surface area contributed by atoms with Gasteiger partial charge in [0.2, 0.25) is 0 Å². The van der Waals surface area contributed by atoms with Crippen LogP contribution in [0, 0.1) is 31.4 Å². The lowest BCUT2D eigenvalue weighted by Gasteiger charge is -2.34. The third kappa shape index (κ3) is 3.65. The minimum Gasteiger partial charge on any atom is -0.388 e. The fourth-order valence-corrected chi connectivity index (χ4v) is 3.45. The van der Waals surface area contributed by atoms with Gasteiger partial charge in [-0.1, -0.05) is 0 Å². The summed E-state index contributed by atoms with van der Waals surface area (Å²) >= 11 is 0. The second-order valence-electron chi connectivity index (χ2n) is 6.62. The summed E-state index contributed by atoms with van der Waals surface area (Å²) in [6, 6.07) is 3.25. The van der Waals surface area contributed by atoms with Crippen LogP contribution in [0.3, 0.4) is 0 Å². The zero-order valence-corrected chi connectivity index (χ0v) is 14.0. The van der Waals surface area contributed by atoms with Gasteiger partial charge in [0.1, 0.15) is 17.5 Å². The molecule has 2 heterocycles. The average molecular weight is 335 g/mol. The second-order valence-corrected chi connectivity index (χ2v) is 6.62. The van der Waals surface area contributed by atoms with Crippen LogP contribution in [0.4, 0.5) is 8.78 Å². The lowest BCUT2D eigenvalue weighted by Crippen LogP contribution is -2.35. The molecule has 2 N–H and O–H groups in total. The van der Waals surface area contributed by atoms with Crippen LogP contribution in [0.15, 0.2) is 18.2 Å². The molecule has 1 atom stereocenters. The number of aromatic amines is 1. The van der Waals surface area contributed by atoms with Gasteiger partial charge in [0.15, 0.2) is 0 Å². The molecule has 0 radical (unpaired) electrons. The zero-order chi connectivity index (χ0) is 17.3. The van der Waals surface area contributed by atoms with Crippen molar-refractivity contribution in [3.8, 4) is 0 Å². The second kappa shape index (κ2) is 6.99. The third-order valence-corrected chi connectivity index (χ3v) is 4.83. The largest absolute Gasteiger partial charge is 0.388 e. The van der Waals surface area contributed by atoms with Crippen LogP contribution < -0.4 is 0 Å². The van der Waals surface area contributed by atoms with Gasteiger partial charge in [0.25, 0.3) is 0 Å². The first-order valence-corrected chi connectivity index (χ1v) is 8.31. The van der Waals surface area contributed by atoms with Gasteiger partial charge < -0.3 is 10.1 Å². The first-order chi connectivity index (χ1) is 11.4. The van der Waals surface area contributed by atoms with E-state index in [-0.39, 0.29) is 11.5 Å². The van der Waals surface area contributed by atoms with Gasteiger partial charge in [0.05, 0.1) is 11.8 Å². The maximum atomic E-state index is 13.8. The SMILES string of the molecule is Cc1nc(CN2CCC(C(O)c3cc(F)ccc3F)CC2)c(C)[nH]1. The molecule has 6 heteroatoms. The van der Waals surface area contributed by atoms with Gasteiger partial charge in [-0.2, -0.15) is 0 Å². The smallest absolute Gasteiger partial charge is 0.129 e. The van der Waals surface area contributed by atoms with Gasteiger partial charge in [-0.05, 0) is 63.9 Å². The Morgan fingerprint density at radius 3 is 2.62 bits per heavy atom. The number of aliphatic hydroxyl groups is 1. The van der Waals surface area contributed by atoms with Gasteiger partial charge in [-0.15, -0.1) is 0 Å². The molecule has 1 saturated heterocycles. The highest BCUT2D eigenvalue weighted by molar-refractivity contribution is 5.22. The number of aromatic nitrogens is 2. The first kappa shape index (κ1) is 17.0. The number of imidazole rings is 1. The van der Waals surface area contributed by atoms with Gasteiger partial charge in [-0.3, -0.25) is 4.90 Å². The highest BCUT2D eigenvalue weighted by Crippen LogP contribution is 2.32. The molecule has 24 heavy (non-hydrogen) atoms. The molecule has 0 aliphatic carbocycles. The van der Waals surface area contributed by atoms with Crippen LogP contribution in [0.1, 0.15) is 41.7 Å². The molecular weight excluding hydrogens is 312 g/mol. The Hall–Kier alpha value is -1.79. The van der Waals surface area contributed by atoms with E-state index in [4.69, 9.17) is 0 Å². The van der Waals surface area contributed by atoms with Crippen LogP contribution in [-0.4, -0.2) is 33.1 Å². The number of halogens is 2. The summed E-state index contributed by atoms with van der Waals surface area (Å²) < 4.78 is 27.2. The molecule has 1 fully saturated rings. The van der Waals surface area contributed by atoms with E-state index < -0.39 is 17.7 Å². The zero-order valence-electron chi connectivity index (χ0n) is 14.0. The highest BCUT2D eigenvalue weighted by atomic mass is 19.1. The molecule has 0 amide bonds. The molecule has 3 rings (SSSR count). The van der Waals surface area contributed by atoms with Crippen molar-refractivity contribution in [3.63, 3.8) is 0 Å². The molecule has 1 aliphatic heterocycles. The van der Waals surface area contributed by atoms with E-state index >= 15 is 0 Å². The molecule has 0 spiro atoms. The Kier molecular flexibility index (Phi) is 4.96. The third-order valence-electron chi connectivity index (χ3n) is 4.83. The number of nitrogens with zero attached hydrogens (tertiary/aromatic N) is 2. The van der Waals surface area contributed by atoms with E-state index in [1.165, 1.54) is 0 Å². The summed E-state index contributed by atoms with van der Waals surface area (Å²) in [5.74, 6) is -0.213. The van der Waals surface area contributed by atoms with E-state index in [2.05, 4.69) is 14.9 Å². The number of H-pyrrole nitrogens is 1. The van der Waals surface area contributed by atoms with Gasteiger partial charge >= 0.3 is 0 Å². The topological polar surface area (TPSA) is 52.1 Å². The Labute approximate surface area is 140 Å². The number of hydrogen-bond acceptors (Lipinski definition) is 3. The molecule has 1 aromatic heterocycles. The molecule has 0 bridgehead atoms. The summed E-state index contributed by atoms with van der Waals surface area (Å²) in [6.45, 7) is 6.34. The summed E-state index contributed by atoms with van der Waals surface area (Å²) in [6.07, 6.45) is 0.538. The number of rotatable bonds is 4. The van der Waals surface area contributed by atoms with Crippen molar-refractivity contribution in [1.29, 1.82) is 0 Å². The Morgan fingerprint density at radius 2 is 2.00 bits per heavy atom. The van der Waals surface area contributed by atoms with Crippen molar-refractivity contribution in [1.82, 2.24) is 14.9 Å². The van der Waals surface area contributed by atoms with Crippen LogP contribution >= 0.6 is 0 Å². The summed E-state index contributed by atoms with van der Waals surface area (Å²) in [7, 11) is 0. The standard InChI is InChI=1S/C18H23F2N3O/c1-11-17(22-12(2)21-11)10-23-7-5-13(6-8-23)18(24)15-9-14(19)3-4-16(15)20/h3-4,9,13,18,24H,5-8,10H2,1-2H3,(H,21,22). The number of aliphatic hydroxyl groups excluding tert-OH is 1. The lowest BCUT2D eigenvalue weighted by molar-refractivity contribution is 0.0538. The molecule has 130 valence electrons. The van der Waals surface area contributed by atoms with E-state index in [1.807, 2.05) is 13.8 Å². The van der Waals surface area contributed by atoms with Crippen molar-refractivity contribution >= 4 is 0 Å². The summed E-state index contributed by atoms with van der Waals surface area (Å²) in [4.78, 5) is 9.98. The van der Waals surface area contributed by atoms with Crippen LogP contribution in [0.5, 0.6) is 0 Å². The lowest BCUT2D eigenvalue weighted by atomic mass is 9.87. The van der Waals surface area contributed by atoms with E-state index in [1.54, 1.807) is 0 Å². The molecule has 1 aliphatic rings. The molecule has 2 aromatic rings.